The molecule has 0 fully saturated rings. The molecule has 2 nitrogen and oxygen atoms in total. The van der Waals surface area contributed by atoms with Crippen molar-refractivity contribution >= 4 is 29.4 Å². The minimum absolute atomic E-state index is 0.244. The van der Waals surface area contributed by atoms with Crippen LogP contribution in [0.3, 0.4) is 0 Å². The van der Waals surface area contributed by atoms with Gasteiger partial charge in [0.2, 0.25) is 0 Å². The first-order chi connectivity index (χ1) is 13.4. The predicted molar refractivity (Wildman–Crippen MR) is 127 cm³/mol. The third kappa shape index (κ3) is 5.43. The normalized spacial score (nSPS) is 14.6. The summed E-state index contributed by atoms with van der Waals surface area (Å²) in [6, 6.07) is 23.2. The van der Waals surface area contributed by atoms with Gasteiger partial charge in [0.25, 0.3) is 0 Å². The SMILES string of the molecule is CCCC[Si](c1ccccc1)(c1ccccc1)[C@H](CCC)NS(=O)C(C)(C)C. The van der Waals surface area contributed by atoms with Gasteiger partial charge in [-0.2, -0.15) is 0 Å². The van der Waals surface area contributed by atoms with Crippen LogP contribution in [-0.4, -0.2) is 22.7 Å². The van der Waals surface area contributed by atoms with Crippen LogP contribution in [0.2, 0.25) is 6.04 Å². The summed E-state index contributed by atoms with van der Waals surface area (Å²) in [5.74, 6) is 0. The zero-order chi connectivity index (χ0) is 20.6. The Bertz CT molecular complexity index is 688. The molecule has 2 rings (SSSR count). The molecule has 0 bridgehead atoms. The molecular weight excluding hydrogens is 378 g/mol. The Morgan fingerprint density at radius 3 is 1.79 bits per heavy atom. The first-order valence-electron chi connectivity index (χ1n) is 10.6. The molecule has 28 heavy (non-hydrogen) atoms. The highest BCUT2D eigenvalue weighted by atomic mass is 32.2. The van der Waals surface area contributed by atoms with Crippen molar-refractivity contribution in [1.29, 1.82) is 0 Å². The number of hydrogen-bond acceptors (Lipinski definition) is 1. The molecule has 2 aromatic carbocycles. The van der Waals surface area contributed by atoms with E-state index in [-0.39, 0.29) is 10.4 Å². The molecule has 0 aliphatic carbocycles. The van der Waals surface area contributed by atoms with E-state index in [4.69, 9.17) is 0 Å². The number of rotatable bonds is 10. The lowest BCUT2D eigenvalue weighted by atomic mass is 10.3. The van der Waals surface area contributed by atoms with Gasteiger partial charge in [-0.05, 0) is 33.2 Å². The molecule has 2 aromatic rings. The minimum Gasteiger partial charge on any atom is -0.242 e. The van der Waals surface area contributed by atoms with Gasteiger partial charge in [-0.25, -0.2) is 8.93 Å². The van der Waals surface area contributed by atoms with Gasteiger partial charge in [0.15, 0.2) is 0 Å². The summed E-state index contributed by atoms with van der Waals surface area (Å²) in [4.78, 5) is 0. The summed E-state index contributed by atoms with van der Waals surface area (Å²) in [5.41, 5.74) is 0.244. The molecule has 0 saturated carbocycles. The maximum atomic E-state index is 13.2. The van der Waals surface area contributed by atoms with Crippen LogP contribution in [0.4, 0.5) is 0 Å². The maximum absolute atomic E-state index is 13.2. The zero-order valence-electron chi connectivity index (χ0n) is 18.2. The van der Waals surface area contributed by atoms with E-state index in [2.05, 4.69) is 100 Å². The second-order valence-corrected chi connectivity index (χ2v) is 14.9. The number of nitrogens with one attached hydrogen (secondary N) is 1. The van der Waals surface area contributed by atoms with Crippen molar-refractivity contribution in [3.63, 3.8) is 0 Å². The standard InChI is InChI=1S/C24H37NOSSi/c1-6-8-20-28(21-16-11-9-12-17-21,22-18-13-10-14-19-22)23(15-7-2)25-27(26)24(3,4)5/h9-14,16-19,23,25H,6-8,15,20H2,1-5H3/t23-,27?/m1/s1. The average Bonchev–Trinajstić information content (AvgIpc) is 2.69. The quantitative estimate of drug-likeness (QED) is 0.554. The van der Waals surface area contributed by atoms with E-state index in [1.54, 1.807) is 0 Å². The molecule has 0 aliphatic heterocycles. The third-order valence-electron chi connectivity index (χ3n) is 5.48. The first-order valence-corrected chi connectivity index (χ1v) is 14.1. The van der Waals surface area contributed by atoms with Crippen molar-refractivity contribution in [2.75, 3.05) is 0 Å². The summed E-state index contributed by atoms with van der Waals surface area (Å²) in [6.45, 7) is 10.7. The van der Waals surface area contributed by atoms with E-state index in [1.165, 1.54) is 29.3 Å². The molecule has 0 radical (unpaired) electrons. The van der Waals surface area contributed by atoms with Gasteiger partial charge in [-0.1, -0.05) is 104 Å². The second-order valence-electron chi connectivity index (χ2n) is 8.65. The van der Waals surface area contributed by atoms with Crippen LogP contribution < -0.4 is 15.1 Å². The van der Waals surface area contributed by atoms with Gasteiger partial charge in [0, 0.05) is 5.67 Å². The van der Waals surface area contributed by atoms with Crippen molar-refractivity contribution in [1.82, 2.24) is 4.72 Å². The minimum atomic E-state index is -2.16. The lowest BCUT2D eigenvalue weighted by Gasteiger charge is -2.41. The Kier molecular flexibility index (Phi) is 8.66. The molecule has 0 aromatic heterocycles. The van der Waals surface area contributed by atoms with Crippen molar-refractivity contribution in [3.8, 4) is 0 Å². The van der Waals surface area contributed by atoms with Gasteiger partial charge in [-0.15, -0.1) is 0 Å². The predicted octanol–water partition coefficient (Wildman–Crippen LogP) is 4.81. The fourth-order valence-electron chi connectivity index (χ4n) is 3.96. The summed E-state index contributed by atoms with van der Waals surface area (Å²) < 4.78 is 16.5. The van der Waals surface area contributed by atoms with Crippen LogP contribution >= 0.6 is 0 Å². The van der Waals surface area contributed by atoms with Crippen LogP contribution in [0.1, 0.15) is 60.3 Å². The van der Waals surface area contributed by atoms with Crippen LogP contribution in [0.15, 0.2) is 60.7 Å². The fraction of sp³-hybridized carbons (Fsp3) is 0.500. The Labute approximate surface area is 175 Å². The smallest absolute Gasteiger partial charge is 0.135 e. The Balaban J connectivity index is 2.66. The number of unbranched alkanes of at least 4 members (excludes halogenated alkanes) is 1. The molecule has 0 heterocycles. The van der Waals surface area contributed by atoms with Crippen molar-refractivity contribution < 1.29 is 4.21 Å². The lowest BCUT2D eigenvalue weighted by Crippen LogP contribution is -2.71. The Hall–Kier alpha value is -1.23. The van der Waals surface area contributed by atoms with E-state index in [0.717, 1.165) is 12.8 Å². The molecule has 4 heteroatoms. The summed E-state index contributed by atoms with van der Waals surface area (Å²) in [6.07, 6.45) is 4.50. The van der Waals surface area contributed by atoms with E-state index in [0.29, 0.717) is 0 Å². The highest BCUT2D eigenvalue weighted by Gasteiger charge is 2.45. The number of benzene rings is 2. The summed E-state index contributed by atoms with van der Waals surface area (Å²) >= 11 is 0. The summed E-state index contributed by atoms with van der Waals surface area (Å²) in [7, 11) is -3.25. The Morgan fingerprint density at radius 2 is 1.39 bits per heavy atom. The van der Waals surface area contributed by atoms with E-state index >= 15 is 0 Å². The number of hydrogen-bond donors (Lipinski definition) is 1. The highest BCUT2D eigenvalue weighted by Crippen LogP contribution is 2.24. The molecule has 1 unspecified atom stereocenters. The van der Waals surface area contributed by atoms with Crippen LogP contribution in [-0.2, 0) is 11.0 Å². The zero-order valence-corrected chi connectivity index (χ0v) is 20.0. The topological polar surface area (TPSA) is 29.1 Å². The van der Waals surface area contributed by atoms with Gasteiger partial charge in [0.1, 0.15) is 8.07 Å². The molecule has 2 atom stereocenters. The lowest BCUT2D eigenvalue weighted by molar-refractivity contribution is 0.613. The molecule has 0 saturated heterocycles. The van der Waals surface area contributed by atoms with E-state index in [1.807, 2.05) is 0 Å². The largest absolute Gasteiger partial charge is 0.242 e. The fourth-order valence-corrected chi connectivity index (χ4v) is 11.1. The van der Waals surface area contributed by atoms with Crippen molar-refractivity contribution in [2.45, 2.75) is 76.8 Å². The second kappa shape index (κ2) is 10.5. The van der Waals surface area contributed by atoms with Crippen molar-refractivity contribution in [3.05, 3.63) is 60.7 Å². The molecule has 0 amide bonds. The molecule has 154 valence electrons. The molecule has 0 aliphatic rings. The van der Waals surface area contributed by atoms with Gasteiger partial charge >= 0.3 is 0 Å². The third-order valence-corrected chi connectivity index (χ3v) is 12.8. The van der Waals surface area contributed by atoms with E-state index in [9.17, 15) is 4.21 Å². The molecule has 0 spiro atoms. The Morgan fingerprint density at radius 1 is 0.893 bits per heavy atom. The van der Waals surface area contributed by atoms with Crippen LogP contribution in [0.5, 0.6) is 0 Å². The van der Waals surface area contributed by atoms with Gasteiger partial charge in [-0.3, -0.25) is 0 Å². The van der Waals surface area contributed by atoms with Gasteiger partial charge < -0.3 is 0 Å². The van der Waals surface area contributed by atoms with Crippen molar-refractivity contribution in [2.24, 2.45) is 0 Å². The molecular formula is C24H37NOSSi. The van der Waals surface area contributed by atoms with E-state index < -0.39 is 19.1 Å². The molecule has 1 N–H and O–H groups in total. The highest BCUT2D eigenvalue weighted by molar-refractivity contribution is 7.84. The van der Waals surface area contributed by atoms with Crippen LogP contribution in [0, 0.1) is 0 Å². The first kappa shape index (κ1) is 23.0. The van der Waals surface area contributed by atoms with Crippen LogP contribution in [0.25, 0.3) is 0 Å². The monoisotopic (exact) mass is 415 g/mol. The maximum Gasteiger partial charge on any atom is 0.135 e. The summed E-state index contributed by atoms with van der Waals surface area (Å²) in [5, 5.41) is 2.90. The van der Waals surface area contributed by atoms with Gasteiger partial charge in [0.05, 0.1) is 15.7 Å². The average molecular weight is 416 g/mol.